The number of aliphatic imine (C=N–C) groups is 1. The molecule has 3 aromatic rings. The molecule has 6 rings (SSSR count). The van der Waals surface area contributed by atoms with Gasteiger partial charge in [-0.2, -0.15) is 0 Å². The SMILES string of the molecule is C=c1nc(-c2ccnc3[nH]c(C4CCC4)cc23)nc(N2CCNCC2)/c1=C(/C=N\C)C1CC1. The van der Waals surface area contributed by atoms with E-state index in [0.717, 1.165) is 65.0 Å². The summed E-state index contributed by atoms with van der Waals surface area (Å²) in [4.78, 5) is 25.1. The lowest BCUT2D eigenvalue weighted by Crippen LogP contribution is -2.48. The summed E-state index contributed by atoms with van der Waals surface area (Å²) in [6, 6.07) is 4.30. The second-order valence-electron chi connectivity index (χ2n) is 9.52. The van der Waals surface area contributed by atoms with Crippen molar-refractivity contribution in [3.63, 3.8) is 0 Å². The third-order valence-corrected chi connectivity index (χ3v) is 7.29. The lowest BCUT2D eigenvalue weighted by atomic mass is 9.83. The first-order valence-corrected chi connectivity index (χ1v) is 12.2. The molecule has 0 unspecified atom stereocenters. The predicted molar refractivity (Wildman–Crippen MR) is 134 cm³/mol. The second kappa shape index (κ2) is 8.37. The number of pyridine rings is 1. The van der Waals surface area contributed by atoms with Crippen molar-refractivity contribution >= 4 is 35.2 Å². The number of nitrogens with one attached hydrogen (secondary N) is 2. The lowest BCUT2D eigenvalue weighted by molar-refractivity contribution is 0.413. The van der Waals surface area contributed by atoms with Crippen LogP contribution in [-0.2, 0) is 0 Å². The zero-order valence-electron chi connectivity index (χ0n) is 19.3. The van der Waals surface area contributed by atoms with E-state index in [0.29, 0.717) is 11.8 Å². The first-order valence-electron chi connectivity index (χ1n) is 12.2. The summed E-state index contributed by atoms with van der Waals surface area (Å²) >= 11 is 0. The van der Waals surface area contributed by atoms with Crippen molar-refractivity contribution in [2.45, 2.75) is 38.0 Å². The Hall–Kier alpha value is -3.06. The molecule has 0 amide bonds. The van der Waals surface area contributed by atoms with E-state index in [-0.39, 0.29) is 0 Å². The maximum atomic E-state index is 5.20. The average molecular weight is 442 g/mol. The van der Waals surface area contributed by atoms with Crippen LogP contribution in [0.15, 0.2) is 23.3 Å². The van der Waals surface area contributed by atoms with Crippen molar-refractivity contribution < 1.29 is 0 Å². The molecule has 7 heteroatoms. The Kier molecular flexibility index (Phi) is 5.21. The van der Waals surface area contributed by atoms with Gasteiger partial charge in [-0.05, 0) is 55.2 Å². The van der Waals surface area contributed by atoms with E-state index >= 15 is 0 Å². The highest BCUT2D eigenvalue weighted by molar-refractivity contribution is 6.04. The highest BCUT2D eigenvalue weighted by Gasteiger charge is 2.28. The van der Waals surface area contributed by atoms with Crippen molar-refractivity contribution in [3.8, 4) is 11.4 Å². The Balaban J connectivity index is 1.56. The molecule has 2 saturated carbocycles. The minimum Gasteiger partial charge on any atom is -0.353 e. The number of fused-ring (bicyclic) bond motifs is 1. The summed E-state index contributed by atoms with van der Waals surface area (Å²) in [6.45, 7) is 8.16. The number of rotatable bonds is 5. The number of aromatic nitrogens is 4. The molecule has 1 aliphatic heterocycles. The maximum absolute atomic E-state index is 5.20. The van der Waals surface area contributed by atoms with E-state index < -0.39 is 0 Å². The number of hydrogen-bond donors (Lipinski definition) is 2. The van der Waals surface area contributed by atoms with Crippen molar-refractivity contribution in [1.82, 2.24) is 25.3 Å². The summed E-state index contributed by atoms with van der Waals surface area (Å²) < 4.78 is 0. The van der Waals surface area contributed by atoms with Crippen LogP contribution in [0.3, 0.4) is 0 Å². The summed E-state index contributed by atoms with van der Waals surface area (Å²) in [7, 11) is 1.84. The van der Waals surface area contributed by atoms with Crippen LogP contribution in [0, 0.1) is 5.92 Å². The molecule has 7 nitrogen and oxygen atoms in total. The van der Waals surface area contributed by atoms with Gasteiger partial charge in [-0.1, -0.05) is 13.0 Å². The van der Waals surface area contributed by atoms with Crippen molar-refractivity contribution in [1.29, 1.82) is 0 Å². The summed E-state index contributed by atoms with van der Waals surface area (Å²) in [5.74, 6) is 2.88. The van der Waals surface area contributed by atoms with Gasteiger partial charge in [0.05, 0.1) is 5.35 Å². The maximum Gasteiger partial charge on any atom is 0.162 e. The van der Waals surface area contributed by atoms with Crippen LogP contribution in [0.4, 0.5) is 5.82 Å². The standard InChI is InChI=1S/C26H31N7/c1-16-23(21(15-27-2)17-6-7-17)26(33-12-10-28-11-13-33)32-25(30-16)19-8-9-29-24-20(19)14-22(31-24)18-4-3-5-18/h8-9,14-15,17-18,28H,1,3-7,10-13H2,2H3,(H,29,31)/b23-21-,27-15-. The van der Waals surface area contributed by atoms with Crippen LogP contribution in [0.25, 0.3) is 34.6 Å². The van der Waals surface area contributed by atoms with E-state index in [1.54, 1.807) is 0 Å². The van der Waals surface area contributed by atoms with Gasteiger partial charge in [-0.3, -0.25) is 4.99 Å². The number of H-pyrrole nitrogens is 1. The number of nitrogens with zero attached hydrogens (tertiary/aromatic N) is 5. The predicted octanol–water partition coefficient (Wildman–Crippen LogP) is 2.37. The minimum absolute atomic E-state index is 0.535. The van der Waals surface area contributed by atoms with Crippen LogP contribution >= 0.6 is 0 Å². The van der Waals surface area contributed by atoms with Gasteiger partial charge in [0.1, 0.15) is 11.5 Å². The number of piperazine rings is 1. The molecule has 0 bridgehead atoms. The molecule has 3 fully saturated rings. The summed E-state index contributed by atoms with van der Waals surface area (Å²) in [5, 5.41) is 6.41. The van der Waals surface area contributed by atoms with Gasteiger partial charge in [0.15, 0.2) is 5.82 Å². The van der Waals surface area contributed by atoms with Crippen molar-refractivity contribution in [2.24, 2.45) is 10.9 Å². The third kappa shape index (κ3) is 3.74. The molecule has 0 radical (unpaired) electrons. The third-order valence-electron chi connectivity index (χ3n) is 7.29. The van der Waals surface area contributed by atoms with Crippen LogP contribution in [0.5, 0.6) is 0 Å². The molecule has 1 saturated heterocycles. The number of aromatic amines is 1. The fraction of sp³-hybridized carbons (Fsp3) is 0.462. The number of hydrogen-bond acceptors (Lipinski definition) is 6. The highest BCUT2D eigenvalue weighted by Crippen LogP contribution is 2.38. The molecule has 0 spiro atoms. The zero-order chi connectivity index (χ0) is 22.4. The van der Waals surface area contributed by atoms with Gasteiger partial charge < -0.3 is 15.2 Å². The van der Waals surface area contributed by atoms with Crippen LogP contribution < -0.4 is 20.8 Å². The van der Waals surface area contributed by atoms with Crippen LogP contribution in [0.1, 0.15) is 43.7 Å². The normalized spacial score (nSPS) is 20.5. The smallest absolute Gasteiger partial charge is 0.162 e. The molecule has 2 N–H and O–H groups in total. The molecular weight excluding hydrogens is 410 g/mol. The average Bonchev–Trinajstić information content (AvgIpc) is 3.55. The molecule has 0 aromatic carbocycles. The lowest BCUT2D eigenvalue weighted by Gasteiger charge is -2.29. The second-order valence-corrected chi connectivity index (χ2v) is 9.52. The molecule has 33 heavy (non-hydrogen) atoms. The van der Waals surface area contributed by atoms with Gasteiger partial charge in [0.25, 0.3) is 0 Å². The Morgan fingerprint density at radius 3 is 2.70 bits per heavy atom. The van der Waals surface area contributed by atoms with Gasteiger partial charge in [0.2, 0.25) is 0 Å². The van der Waals surface area contributed by atoms with Gasteiger partial charge >= 0.3 is 0 Å². The summed E-state index contributed by atoms with van der Waals surface area (Å²) in [6.07, 6.45) is 10.1. The molecule has 3 aromatic heterocycles. The van der Waals surface area contributed by atoms with E-state index in [2.05, 4.69) is 37.8 Å². The van der Waals surface area contributed by atoms with E-state index in [1.165, 1.54) is 43.4 Å². The molecule has 170 valence electrons. The van der Waals surface area contributed by atoms with E-state index in [1.807, 2.05) is 25.5 Å². The zero-order valence-corrected chi connectivity index (χ0v) is 19.3. The van der Waals surface area contributed by atoms with Crippen molar-refractivity contribution in [3.05, 3.63) is 34.6 Å². The summed E-state index contributed by atoms with van der Waals surface area (Å²) in [5.41, 5.74) is 4.46. The Labute approximate surface area is 193 Å². The highest BCUT2D eigenvalue weighted by atomic mass is 15.2. The molecule has 0 atom stereocenters. The van der Waals surface area contributed by atoms with Gasteiger partial charge in [-0.25, -0.2) is 15.0 Å². The molecule has 2 aliphatic carbocycles. The quantitative estimate of drug-likeness (QED) is 0.594. The minimum atomic E-state index is 0.535. The Morgan fingerprint density at radius 2 is 2.00 bits per heavy atom. The Bertz CT molecular complexity index is 1320. The Morgan fingerprint density at radius 1 is 1.18 bits per heavy atom. The van der Waals surface area contributed by atoms with E-state index in [9.17, 15) is 0 Å². The monoisotopic (exact) mass is 441 g/mol. The molecular formula is C26H31N7. The van der Waals surface area contributed by atoms with Crippen molar-refractivity contribution in [2.75, 3.05) is 38.1 Å². The fourth-order valence-electron chi connectivity index (χ4n) is 5.10. The first kappa shape index (κ1) is 20.5. The molecule has 4 heterocycles. The fourth-order valence-corrected chi connectivity index (χ4v) is 5.10. The topological polar surface area (TPSA) is 82.1 Å². The van der Waals surface area contributed by atoms with Crippen LogP contribution in [-0.4, -0.2) is 59.4 Å². The van der Waals surface area contributed by atoms with Gasteiger partial charge in [0, 0.05) is 67.5 Å². The first-order chi connectivity index (χ1) is 16.2. The molecule has 3 aliphatic rings. The van der Waals surface area contributed by atoms with E-state index in [4.69, 9.17) is 9.97 Å². The van der Waals surface area contributed by atoms with Gasteiger partial charge in [-0.15, -0.1) is 0 Å². The van der Waals surface area contributed by atoms with Crippen LogP contribution in [0.2, 0.25) is 0 Å². The number of anilines is 1. The largest absolute Gasteiger partial charge is 0.353 e.